The summed E-state index contributed by atoms with van der Waals surface area (Å²) in [6, 6.07) is 17.9. The number of carbonyl (C=O) groups excluding carboxylic acids is 2. The van der Waals surface area contributed by atoms with E-state index in [9.17, 15) is 9.59 Å². The Labute approximate surface area is 198 Å². The van der Waals surface area contributed by atoms with Crippen LogP contribution in [0.4, 0.5) is 0 Å². The monoisotopic (exact) mass is 472 g/mol. The van der Waals surface area contributed by atoms with Gasteiger partial charge in [0.1, 0.15) is 11.8 Å². The third-order valence-electron chi connectivity index (χ3n) is 5.17. The van der Waals surface area contributed by atoms with Crippen LogP contribution >= 0.6 is 23.2 Å². The van der Waals surface area contributed by atoms with Crippen LogP contribution in [0.5, 0.6) is 5.75 Å². The highest BCUT2D eigenvalue weighted by Gasteiger charge is 2.27. The Hall–Kier alpha value is -2.76. The molecule has 0 unspecified atom stereocenters. The van der Waals surface area contributed by atoms with E-state index in [-0.39, 0.29) is 25.0 Å². The van der Waals surface area contributed by atoms with Gasteiger partial charge in [-0.05, 0) is 42.5 Å². The predicted octanol–water partition coefficient (Wildman–Crippen LogP) is 5.47. The molecule has 7 heteroatoms. The van der Waals surface area contributed by atoms with E-state index in [2.05, 4.69) is 5.32 Å². The van der Waals surface area contributed by atoms with Crippen molar-refractivity contribution in [1.82, 2.24) is 10.2 Å². The van der Waals surface area contributed by atoms with Gasteiger partial charge in [-0.15, -0.1) is 0 Å². The number of nitrogens with zero attached hydrogens (tertiary/aromatic N) is 1. The molecule has 3 rings (SSSR count). The zero-order valence-electron chi connectivity index (χ0n) is 18.1. The SMILES string of the molecule is CCCNC(=O)[C@H](C)N(Cc1ccc(Cl)cc1Cl)C(=O)COc1cccc2ccccc12. The van der Waals surface area contributed by atoms with Gasteiger partial charge in [0.25, 0.3) is 5.91 Å². The first-order valence-corrected chi connectivity index (χ1v) is 11.3. The summed E-state index contributed by atoms with van der Waals surface area (Å²) >= 11 is 12.3. The summed E-state index contributed by atoms with van der Waals surface area (Å²) in [6.45, 7) is 4.17. The fourth-order valence-corrected chi connectivity index (χ4v) is 3.82. The van der Waals surface area contributed by atoms with E-state index in [1.54, 1.807) is 25.1 Å². The van der Waals surface area contributed by atoms with E-state index < -0.39 is 6.04 Å². The molecule has 0 saturated heterocycles. The Balaban J connectivity index is 1.80. The molecule has 0 aromatic heterocycles. The number of carbonyl (C=O) groups is 2. The summed E-state index contributed by atoms with van der Waals surface area (Å²) in [6.07, 6.45) is 0.805. The standard InChI is InChI=1S/C25H26Cl2N2O3/c1-3-13-28-25(31)17(2)29(15-19-11-12-20(26)14-22(19)27)24(30)16-32-23-10-6-8-18-7-4-5-9-21(18)23/h4-12,14,17H,3,13,15-16H2,1-2H3,(H,28,31)/t17-/m0/s1. The van der Waals surface area contributed by atoms with Gasteiger partial charge >= 0.3 is 0 Å². The zero-order valence-corrected chi connectivity index (χ0v) is 19.6. The van der Waals surface area contributed by atoms with Gasteiger partial charge in [0.15, 0.2) is 6.61 Å². The summed E-state index contributed by atoms with van der Waals surface area (Å²) in [5.41, 5.74) is 0.699. The maximum absolute atomic E-state index is 13.2. The summed E-state index contributed by atoms with van der Waals surface area (Å²) in [5, 5.41) is 5.73. The van der Waals surface area contributed by atoms with E-state index in [1.807, 2.05) is 49.4 Å². The minimum atomic E-state index is -0.697. The van der Waals surface area contributed by atoms with Gasteiger partial charge in [-0.25, -0.2) is 0 Å². The molecule has 0 fully saturated rings. The number of rotatable bonds is 9. The Morgan fingerprint density at radius 3 is 2.56 bits per heavy atom. The summed E-state index contributed by atoms with van der Waals surface area (Å²) in [4.78, 5) is 27.3. The average molecular weight is 473 g/mol. The van der Waals surface area contributed by atoms with Gasteiger partial charge in [-0.1, -0.05) is 72.6 Å². The maximum Gasteiger partial charge on any atom is 0.261 e. The second kappa shape index (κ2) is 11.2. The number of benzene rings is 3. The highest BCUT2D eigenvalue weighted by atomic mass is 35.5. The van der Waals surface area contributed by atoms with E-state index >= 15 is 0 Å². The van der Waals surface area contributed by atoms with E-state index in [1.165, 1.54) is 4.90 Å². The van der Waals surface area contributed by atoms with E-state index in [4.69, 9.17) is 27.9 Å². The van der Waals surface area contributed by atoms with E-state index in [0.29, 0.717) is 27.9 Å². The van der Waals surface area contributed by atoms with Gasteiger partial charge in [0.05, 0.1) is 0 Å². The molecular weight excluding hydrogens is 447 g/mol. The third-order valence-corrected chi connectivity index (χ3v) is 5.76. The number of ether oxygens (including phenoxy) is 1. The predicted molar refractivity (Wildman–Crippen MR) is 129 cm³/mol. The van der Waals surface area contributed by atoms with Crippen molar-refractivity contribution in [3.05, 3.63) is 76.3 Å². The lowest BCUT2D eigenvalue weighted by molar-refractivity contribution is -0.142. The van der Waals surface area contributed by atoms with Gasteiger partial charge in [-0.3, -0.25) is 9.59 Å². The molecule has 3 aromatic carbocycles. The Morgan fingerprint density at radius 2 is 1.81 bits per heavy atom. The molecule has 0 spiro atoms. The second-order valence-corrected chi connectivity index (χ2v) is 8.33. The number of hydrogen-bond donors (Lipinski definition) is 1. The zero-order chi connectivity index (χ0) is 23.1. The fourth-order valence-electron chi connectivity index (χ4n) is 3.36. The number of nitrogens with one attached hydrogen (secondary N) is 1. The van der Waals surface area contributed by atoms with Crippen molar-refractivity contribution >= 4 is 45.8 Å². The van der Waals surface area contributed by atoms with Crippen molar-refractivity contribution in [2.45, 2.75) is 32.9 Å². The van der Waals surface area contributed by atoms with Crippen LogP contribution in [0.1, 0.15) is 25.8 Å². The van der Waals surface area contributed by atoms with Crippen LogP contribution in [0.3, 0.4) is 0 Å². The first-order chi connectivity index (χ1) is 15.4. The van der Waals surface area contributed by atoms with Crippen LogP contribution < -0.4 is 10.1 Å². The Kier molecular flexibility index (Phi) is 8.37. The molecule has 0 saturated carbocycles. The lowest BCUT2D eigenvalue weighted by atomic mass is 10.1. The van der Waals surface area contributed by atoms with Gasteiger partial charge in [-0.2, -0.15) is 0 Å². The van der Waals surface area contributed by atoms with Crippen molar-refractivity contribution in [3.63, 3.8) is 0 Å². The van der Waals surface area contributed by atoms with Gasteiger partial charge in [0.2, 0.25) is 5.91 Å². The molecule has 0 radical (unpaired) electrons. The highest BCUT2D eigenvalue weighted by molar-refractivity contribution is 6.35. The summed E-state index contributed by atoms with van der Waals surface area (Å²) < 4.78 is 5.88. The molecule has 32 heavy (non-hydrogen) atoms. The largest absolute Gasteiger partial charge is 0.483 e. The van der Waals surface area contributed by atoms with Gasteiger partial charge < -0.3 is 15.0 Å². The molecule has 0 aliphatic rings. The molecule has 0 heterocycles. The summed E-state index contributed by atoms with van der Waals surface area (Å²) in [5.74, 6) is 0.0718. The molecule has 2 amide bonds. The number of halogens is 2. The van der Waals surface area contributed by atoms with Crippen LogP contribution in [-0.2, 0) is 16.1 Å². The molecule has 1 N–H and O–H groups in total. The van der Waals surface area contributed by atoms with Crippen molar-refractivity contribution in [2.75, 3.05) is 13.2 Å². The molecule has 168 valence electrons. The molecule has 3 aromatic rings. The van der Waals surface area contributed by atoms with Crippen LogP contribution in [-0.4, -0.2) is 35.9 Å². The average Bonchev–Trinajstić information content (AvgIpc) is 2.80. The van der Waals surface area contributed by atoms with Gasteiger partial charge in [0, 0.05) is 28.5 Å². The Bertz CT molecular complexity index is 1100. The van der Waals surface area contributed by atoms with Crippen LogP contribution in [0.15, 0.2) is 60.7 Å². The van der Waals surface area contributed by atoms with E-state index in [0.717, 1.165) is 17.2 Å². The number of hydrogen-bond acceptors (Lipinski definition) is 3. The lowest BCUT2D eigenvalue weighted by Crippen LogP contribution is -2.49. The first-order valence-electron chi connectivity index (χ1n) is 10.5. The molecule has 0 bridgehead atoms. The quantitative estimate of drug-likeness (QED) is 0.449. The number of amides is 2. The highest BCUT2D eigenvalue weighted by Crippen LogP contribution is 2.26. The van der Waals surface area contributed by atoms with Crippen LogP contribution in [0, 0.1) is 0 Å². The lowest BCUT2D eigenvalue weighted by Gasteiger charge is -2.29. The Morgan fingerprint density at radius 1 is 1.06 bits per heavy atom. The van der Waals surface area contributed by atoms with Crippen molar-refractivity contribution in [1.29, 1.82) is 0 Å². The van der Waals surface area contributed by atoms with Crippen molar-refractivity contribution in [3.8, 4) is 5.75 Å². The second-order valence-electron chi connectivity index (χ2n) is 7.49. The number of fused-ring (bicyclic) bond motifs is 1. The normalized spacial score (nSPS) is 11.8. The van der Waals surface area contributed by atoms with Crippen LogP contribution in [0.25, 0.3) is 10.8 Å². The third kappa shape index (κ3) is 5.93. The minimum Gasteiger partial charge on any atom is -0.483 e. The van der Waals surface area contributed by atoms with Crippen molar-refractivity contribution in [2.24, 2.45) is 0 Å². The van der Waals surface area contributed by atoms with Crippen LogP contribution in [0.2, 0.25) is 10.0 Å². The molecular formula is C25H26Cl2N2O3. The topological polar surface area (TPSA) is 58.6 Å². The first kappa shape index (κ1) is 23.9. The van der Waals surface area contributed by atoms with Crippen molar-refractivity contribution < 1.29 is 14.3 Å². The molecule has 0 aliphatic carbocycles. The maximum atomic E-state index is 13.2. The smallest absolute Gasteiger partial charge is 0.261 e. The molecule has 1 atom stereocenters. The molecule has 5 nitrogen and oxygen atoms in total. The summed E-state index contributed by atoms with van der Waals surface area (Å²) in [7, 11) is 0. The molecule has 0 aliphatic heterocycles. The minimum absolute atomic E-state index is 0.161. The fraction of sp³-hybridized carbons (Fsp3) is 0.280.